The average Bonchev–Trinajstić information content (AvgIpc) is 3.05. The van der Waals surface area contributed by atoms with Crippen molar-refractivity contribution in [2.24, 2.45) is 5.92 Å². The second-order valence-electron chi connectivity index (χ2n) is 8.83. The summed E-state index contributed by atoms with van der Waals surface area (Å²) in [6.07, 6.45) is 8.35. The lowest BCUT2D eigenvalue weighted by molar-refractivity contribution is -0.122. The molecule has 2 N–H and O–H groups in total. The van der Waals surface area contributed by atoms with Crippen molar-refractivity contribution in [2.45, 2.75) is 83.8 Å². The van der Waals surface area contributed by atoms with E-state index in [0.717, 1.165) is 31.8 Å². The van der Waals surface area contributed by atoms with Gasteiger partial charge < -0.3 is 20.3 Å². The van der Waals surface area contributed by atoms with Crippen LogP contribution in [0.3, 0.4) is 0 Å². The van der Waals surface area contributed by atoms with E-state index in [2.05, 4.69) is 15.5 Å². The third-order valence-electron chi connectivity index (χ3n) is 5.19. The van der Waals surface area contributed by atoms with Gasteiger partial charge in [-0.2, -0.15) is 0 Å². The average molecular weight is 368 g/mol. The molecule has 1 heterocycles. The SMILES string of the molecule is CC(C)(C)OC(=O)NCCCC(=O)NC1CCN(CC2CCCC2)CC1. The molecule has 2 amide bonds. The molecule has 0 spiro atoms. The first kappa shape index (κ1) is 21.0. The Morgan fingerprint density at radius 2 is 1.73 bits per heavy atom. The maximum atomic E-state index is 12.1. The second kappa shape index (κ2) is 10.1. The topological polar surface area (TPSA) is 70.7 Å². The van der Waals surface area contributed by atoms with Gasteiger partial charge in [0.2, 0.25) is 5.91 Å². The van der Waals surface area contributed by atoms with E-state index in [9.17, 15) is 9.59 Å². The Morgan fingerprint density at radius 3 is 2.35 bits per heavy atom. The number of piperidine rings is 1. The number of amides is 2. The van der Waals surface area contributed by atoms with Gasteiger partial charge >= 0.3 is 6.09 Å². The first-order valence-electron chi connectivity index (χ1n) is 10.3. The fraction of sp³-hybridized carbons (Fsp3) is 0.900. The van der Waals surface area contributed by atoms with Crippen molar-refractivity contribution in [3.8, 4) is 0 Å². The van der Waals surface area contributed by atoms with Gasteiger partial charge in [0, 0.05) is 38.6 Å². The van der Waals surface area contributed by atoms with Crippen LogP contribution in [0.4, 0.5) is 4.79 Å². The molecule has 1 aliphatic heterocycles. The third kappa shape index (κ3) is 8.39. The smallest absolute Gasteiger partial charge is 0.407 e. The quantitative estimate of drug-likeness (QED) is 0.679. The molecule has 0 unspecified atom stereocenters. The molecule has 1 aliphatic carbocycles. The van der Waals surface area contributed by atoms with E-state index in [1.54, 1.807) is 0 Å². The van der Waals surface area contributed by atoms with Gasteiger partial charge in [0.05, 0.1) is 0 Å². The van der Waals surface area contributed by atoms with E-state index in [0.29, 0.717) is 25.4 Å². The Kier molecular flexibility index (Phi) is 8.19. The highest BCUT2D eigenvalue weighted by Gasteiger charge is 2.24. The maximum absolute atomic E-state index is 12.1. The summed E-state index contributed by atoms with van der Waals surface area (Å²) in [6, 6.07) is 0.307. The summed E-state index contributed by atoms with van der Waals surface area (Å²) in [5.41, 5.74) is -0.492. The molecule has 2 fully saturated rings. The molecule has 0 aromatic carbocycles. The zero-order chi connectivity index (χ0) is 19.0. The summed E-state index contributed by atoms with van der Waals surface area (Å²) in [5, 5.41) is 5.84. The van der Waals surface area contributed by atoms with Crippen LogP contribution >= 0.6 is 0 Å². The van der Waals surface area contributed by atoms with E-state index < -0.39 is 11.7 Å². The van der Waals surface area contributed by atoms with Crippen LogP contribution in [-0.2, 0) is 9.53 Å². The lowest BCUT2D eigenvalue weighted by Crippen LogP contribution is -2.45. The molecular formula is C20H37N3O3. The molecule has 2 aliphatic rings. The van der Waals surface area contributed by atoms with E-state index in [1.807, 2.05) is 20.8 Å². The Balaban J connectivity index is 1.51. The third-order valence-corrected chi connectivity index (χ3v) is 5.19. The van der Waals surface area contributed by atoms with Crippen LogP contribution in [0.2, 0.25) is 0 Å². The van der Waals surface area contributed by atoms with Crippen LogP contribution in [0.5, 0.6) is 0 Å². The second-order valence-corrected chi connectivity index (χ2v) is 8.83. The molecule has 26 heavy (non-hydrogen) atoms. The molecule has 6 nitrogen and oxygen atoms in total. The largest absolute Gasteiger partial charge is 0.444 e. The number of hydrogen-bond acceptors (Lipinski definition) is 4. The monoisotopic (exact) mass is 367 g/mol. The zero-order valence-electron chi connectivity index (χ0n) is 16.8. The molecule has 6 heteroatoms. The first-order chi connectivity index (χ1) is 12.3. The maximum Gasteiger partial charge on any atom is 0.407 e. The predicted octanol–water partition coefficient (Wildman–Crippen LogP) is 3.06. The highest BCUT2D eigenvalue weighted by molar-refractivity contribution is 5.76. The van der Waals surface area contributed by atoms with Crippen LogP contribution < -0.4 is 10.6 Å². The number of nitrogens with zero attached hydrogens (tertiary/aromatic N) is 1. The van der Waals surface area contributed by atoms with Crippen LogP contribution in [0.25, 0.3) is 0 Å². The van der Waals surface area contributed by atoms with Crippen molar-refractivity contribution in [1.82, 2.24) is 15.5 Å². The van der Waals surface area contributed by atoms with E-state index in [1.165, 1.54) is 32.2 Å². The van der Waals surface area contributed by atoms with E-state index in [-0.39, 0.29) is 5.91 Å². The molecule has 1 saturated carbocycles. The molecule has 0 aromatic heterocycles. The Labute approximate surface area is 158 Å². The van der Waals surface area contributed by atoms with Gasteiger partial charge in [-0.3, -0.25) is 4.79 Å². The minimum Gasteiger partial charge on any atom is -0.444 e. The Morgan fingerprint density at radius 1 is 1.08 bits per heavy atom. The Hall–Kier alpha value is -1.30. The lowest BCUT2D eigenvalue weighted by Gasteiger charge is -2.33. The highest BCUT2D eigenvalue weighted by Crippen LogP contribution is 2.26. The van der Waals surface area contributed by atoms with Crippen molar-refractivity contribution < 1.29 is 14.3 Å². The van der Waals surface area contributed by atoms with Crippen molar-refractivity contribution in [1.29, 1.82) is 0 Å². The van der Waals surface area contributed by atoms with Gasteiger partial charge in [0.25, 0.3) is 0 Å². The van der Waals surface area contributed by atoms with Crippen molar-refractivity contribution >= 4 is 12.0 Å². The minimum atomic E-state index is -0.492. The lowest BCUT2D eigenvalue weighted by atomic mass is 10.0. The van der Waals surface area contributed by atoms with Gasteiger partial charge in [0.1, 0.15) is 5.60 Å². The number of likely N-dealkylation sites (tertiary alicyclic amines) is 1. The summed E-state index contributed by atoms with van der Waals surface area (Å²) >= 11 is 0. The number of carbonyl (C=O) groups excluding carboxylic acids is 2. The normalized spacial score (nSPS) is 20.1. The van der Waals surface area contributed by atoms with Gasteiger partial charge in [-0.05, 0) is 58.8 Å². The predicted molar refractivity (Wildman–Crippen MR) is 103 cm³/mol. The molecule has 0 atom stereocenters. The Bertz CT molecular complexity index is 448. The van der Waals surface area contributed by atoms with Gasteiger partial charge in [-0.15, -0.1) is 0 Å². The standard InChI is InChI=1S/C20H37N3O3/c1-20(2,3)26-19(25)21-12-6-9-18(24)22-17-10-13-23(14-11-17)15-16-7-4-5-8-16/h16-17H,4-15H2,1-3H3,(H,21,25)(H,22,24). The van der Waals surface area contributed by atoms with Crippen LogP contribution in [0.15, 0.2) is 0 Å². The number of hydrogen-bond donors (Lipinski definition) is 2. The summed E-state index contributed by atoms with van der Waals surface area (Å²) < 4.78 is 5.17. The number of ether oxygens (including phenoxy) is 1. The highest BCUT2D eigenvalue weighted by atomic mass is 16.6. The number of rotatable bonds is 7. The number of carbonyl (C=O) groups is 2. The van der Waals surface area contributed by atoms with Crippen molar-refractivity contribution in [2.75, 3.05) is 26.2 Å². The summed E-state index contributed by atoms with van der Waals surface area (Å²) in [4.78, 5) is 26.2. The molecule has 0 aromatic rings. The molecule has 0 bridgehead atoms. The van der Waals surface area contributed by atoms with Crippen molar-refractivity contribution in [3.63, 3.8) is 0 Å². The van der Waals surface area contributed by atoms with E-state index in [4.69, 9.17) is 4.74 Å². The zero-order valence-corrected chi connectivity index (χ0v) is 16.8. The number of nitrogens with one attached hydrogen (secondary N) is 2. The fourth-order valence-corrected chi connectivity index (χ4v) is 3.87. The minimum absolute atomic E-state index is 0.0882. The number of alkyl carbamates (subject to hydrolysis) is 1. The summed E-state index contributed by atoms with van der Waals surface area (Å²) in [7, 11) is 0. The molecule has 2 rings (SSSR count). The van der Waals surface area contributed by atoms with Gasteiger partial charge in [-0.25, -0.2) is 4.79 Å². The molecule has 1 saturated heterocycles. The van der Waals surface area contributed by atoms with Gasteiger partial charge in [0.15, 0.2) is 0 Å². The fourth-order valence-electron chi connectivity index (χ4n) is 3.87. The molecular weight excluding hydrogens is 330 g/mol. The summed E-state index contributed by atoms with van der Waals surface area (Å²) in [6.45, 7) is 9.40. The summed E-state index contributed by atoms with van der Waals surface area (Å²) in [5.74, 6) is 0.990. The van der Waals surface area contributed by atoms with Crippen LogP contribution in [0, 0.1) is 5.92 Å². The molecule has 150 valence electrons. The van der Waals surface area contributed by atoms with Crippen LogP contribution in [0.1, 0.15) is 72.1 Å². The molecule has 0 radical (unpaired) electrons. The van der Waals surface area contributed by atoms with Crippen LogP contribution in [-0.4, -0.2) is 54.7 Å². The first-order valence-corrected chi connectivity index (χ1v) is 10.3. The van der Waals surface area contributed by atoms with Crippen molar-refractivity contribution in [3.05, 3.63) is 0 Å². The van der Waals surface area contributed by atoms with E-state index >= 15 is 0 Å². The van der Waals surface area contributed by atoms with Gasteiger partial charge in [-0.1, -0.05) is 12.8 Å².